The minimum Gasteiger partial charge on any atom is -0.265 e. The molecule has 0 atom stereocenters. The van der Waals surface area contributed by atoms with Crippen LogP contribution >= 0.6 is 0 Å². The molecule has 1 aliphatic carbocycles. The highest BCUT2D eigenvalue weighted by Gasteiger charge is 2.18. The monoisotopic (exact) mass is 281 g/mol. The van der Waals surface area contributed by atoms with Crippen LogP contribution in [0.2, 0.25) is 0 Å². The summed E-state index contributed by atoms with van der Waals surface area (Å²) in [6, 6.07) is 20.1. The predicted molar refractivity (Wildman–Crippen MR) is 91.3 cm³/mol. The normalized spacial score (nSPS) is 12.5. The number of nitrogens with zero attached hydrogens (tertiary/aromatic N) is 1. The summed E-state index contributed by atoms with van der Waals surface area (Å²) in [5.41, 5.74) is 5.67. The summed E-state index contributed by atoms with van der Waals surface area (Å²) in [6.07, 6.45) is 5.78. The Balaban J connectivity index is 1.79. The Kier molecular flexibility index (Phi) is 2.39. The van der Waals surface area contributed by atoms with Crippen molar-refractivity contribution in [2.24, 2.45) is 0 Å². The molecule has 0 spiro atoms. The van der Waals surface area contributed by atoms with Crippen LogP contribution in [0.4, 0.5) is 0 Å². The zero-order valence-corrected chi connectivity index (χ0v) is 12.2. The van der Waals surface area contributed by atoms with E-state index in [4.69, 9.17) is 0 Å². The van der Waals surface area contributed by atoms with Crippen LogP contribution in [0.25, 0.3) is 21.5 Å². The molecule has 1 heterocycles. The summed E-state index contributed by atoms with van der Waals surface area (Å²) in [5.74, 6) is 0. The van der Waals surface area contributed by atoms with Crippen LogP contribution < -0.4 is 0 Å². The van der Waals surface area contributed by atoms with Crippen molar-refractivity contribution < 1.29 is 0 Å². The molecule has 0 bridgehead atoms. The van der Waals surface area contributed by atoms with Crippen molar-refractivity contribution in [3.8, 4) is 0 Å². The molecule has 1 aromatic heterocycles. The Morgan fingerprint density at radius 3 is 2.55 bits per heavy atom. The van der Waals surface area contributed by atoms with E-state index >= 15 is 0 Å². The fourth-order valence-corrected chi connectivity index (χ4v) is 3.80. The van der Waals surface area contributed by atoms with Gasteiger partial charge >= 0.3 is 0 Å². The van der Waals surface area contributed by atoms with E-state index in [2.05, 4.69) is 59.6 Å². The molecule has 0 amide bonds. The molecule has 5 rings (SSSR count). The average Bonchev–Trinajstić information content (AvgIpc) is 2.95. The number of rotatable bonds is 2. The lowest BCUT2D eigenvalue weighted by Gasteiger charge is -2.09. The number of aromatic nitrogens is 1. The average molecular weight is 281 g/mol. The van der Waals surface area contributed by atoms with Gasteiger partial charge in [-0.25, -0.2) is 0 Å². The van der Waals surface area contributed by atoms with Gasteiger partial charge in [0.15, 0.2) is 0 Å². The zero-order chi connectivity index (χ0) is 14.5. The Hall–Kier alpha value is -2.67. The molecule has 0 saturated heterocycles. The molecule has 0 radical (unpaired) electrons. The maximum Gasteiger partial charge on any atom is 0.0270 e. The van der Waals surface area contributed by atoms with E-state index < -0.39 is 0 Å². The summed E-state index contributed by atoms with van der Waals surface area (Å²) in [7, 11) is 0. The number of hydrogen-bond acceptors (Lipinski definition) is 1. The first-order valence-corrected chi connectivity index (χ1v) is 7.74. The lowest BCUT2D eigenvalue weighted by molar-refractivity contribution is 1.17. The minimum absolute atomic E-state index is 0.965. The van der Waals surface area contributed by atoms with Crippen LogP contribution in [0.5, 0.6) is 0 Å². The van der Waals surface area contributed by atoms with Crippen molar-refractivity contribution in [2.45, 2.75) is 12.8 Å². The molecule has 3 aromatic carbocycles. The summed E-state index contributed by atoms with van der Waals surface area (Å²) in [4.78, 5) is 4.11. The lowest BCUT2D eigenvalue weighted by Crippen LogP contribution is -1.91. The molecular formula is C21H15N. The molecular weight excluding hydrogens is 266 g/mol. The van der Waals surface area contributed by atoms with E-state index in [0.29, 0.717) is 0 Å². The van der Waals surface area contributed by atoms with E-state index in [1.165, 1.54) is 43.8 Å². The highest BCUT2D eigenvalue weighted by molar-refractivity contribution is 6.14. The molecule has 22 heavy (non-hydrogen) atoms. The van der Waals surface area contributed by atoms with Crippen LogP contribution in [0.1, 0.15) is 22.3 Å². The standard InChI is InChI=1S/C21H15N/c1-2-15-6-7-19-16(12-14-8-10-22-11-9-14)4-5-18-13-17(3-1)20(15)21(18)19/h1-11H,12-13H2. The van der Waals surface area contributed by atoms with Gasteiger partial charge in [0.1, 0.15) is 0 Å². The minimum atomic E-state index is 0.965. The Bertz CT molecular complexity index is 1020. The first-order chi connectivity index (χ1) is 10.9. The van der Waals surface area contributed by atoms with Crippen molar-refractivity contribution in [3.63, 3.8) is 0 Å². The summed E-state index contributed by atoms with van der Waals surface area (Å²) in [6.45, 7) is 0. The first-order valence-electron chi connectivity index (χ1n) is 7.74. The van der Waals surface area contributed by atoms with Crippen LogP contribution in [0.15, 0.2) is 67.0 Å². The molecule has 0 N–H and O–H groups in total. The molecule has 0 aliphatic heterocycles. The van der Waals surface area contributed by atoms with Crippen LogP contribution in [0.3, 0.4) is 0 Å². The third kappa shape index (κ3) is 1.62. The van der Waals surface area contributed by atoms with Gasteiger partial charge in [-0.15, -0.1) is 0 Å². The Morgan fingerprint density at radius 1 is 0.773 bits per heavy atom. The topological polar surface area (TPSA) is 12.9 Å². The van der Waals surface area contributed by atoms with E-state index in [0.717, 1.165) is 12.8 Å². The Morgan fingerprint density at radius 2 is 1.64 bits per heavy atom. The van der Waals surface area contributed by atoms with Crippen LogP contribution in [-0.2, 0) is 12.8 Å². The number of hydrogen-bond donors (Lipinski definition) is 0. The number of pyridine rings is 1. The van der Waals surface area contributed by atoms with Crippen molar-refractivity contribution in [3.05, 3.63) is 89.2 Å². The zero-order valence-electron chi connectivity index (χ0n) is 12.2. The molecule has 104 valence electrons. The maximum absolute atomic E-state index is 4.11. The quantitative estimate of drug-likeness (QED) is 0.420. The smallest absolute Gasteiger partial charge is 0.0270 e. The van der Waals surface area contributed by atoms with Gasteiger partial charge in [0.05, 0.1) is 0 Å². The summed E-state index contributed by atoms with van der Waals surface area (Å²) >= 11 is 0. The van der Waals surface area contributed by atoms with Gasteiger partial charge in [-0.2, -0.15) is 0 Å². The number of benzene rings is 3. The van der Waals surface area contributed by atoms with E-state index in [9.17, 15) is 0 Å². The maximum atomic E-state index is 4.11. The molecule has 1 heteroatoms. The van der Waals surface area contributed by atoms with Crippen molar-refractivity contribution >= 4 is 21.5 Å². The van der Waals surface area contributed by atoms with E-state index in [1.54, 1.807) is 0 Å². The first kappa shape index (κ1) is 11.9. The Labute approximate surface area is 129 Å². The van der Waals surface area contributed by atoms with Crippen LogP contribution in [-0.4, -0.2) is 4.98 Å². The van der Waals surface area contributed by atoms with Gasteiger partial charge in [0.25, 0.3) is 0 Å². The van der Waals surface area contributed by atoms with Gasteiger partial charge in [-0.05, 0) is 68.8 Å². The summed E-state index contributed by atoms with van der Waals surface area (Å²) < 4.78 is 0. The van der Waals surface area contributed by atoms with E-state index in [1.807, 2.05) is 12.4 Å². The van der Waals surface area contributed by atoms with E-state index in [-0.39, 0.29) is 0 Å². The highest BCUT2D eigenvalue weighted by atomic mass is 14.6. The van der Waals surface area contributed by atoms with Gasteiger partial charge in [-0.1, -0.05) is 42.5 Å². The molecule has 0 fully saturated rings. The summed E-state index contributed by atoms with van der Waals surface area (Å²) in [5, 5.41) is 5.71. The second-order valence-corrected chi connectivity index (χ2v) is 6.10. The van der Waals surface area contributed by atoms with Crippen molar-refractivity contribution in [2.75, 3.05) is 0 Å². The van der Waals surface area contributed by atoms with Crippen molar-refractivity contribution in [1.82, 2.24) is 4.98 Å². The third-order valence-corrected chi connectivity index (χ3v) is 4.81. The second kappa shape index (κ2) is 4.41. The fourth-order valence-electron chi connectivity index (χ4n) is 3.80. The molecule has 1 nitrogen and oxygen atoms in total. The molecule has 0 saturated carbocycles. The highest BCUT2D eigenvalue weighted by Crippen LogP contribution is 2.39. The van der Waals surface area contributed by atoms with Gasteiger partial charge in [-0.3, -0.25) is 4.98 Å². The van der Waals surface area contributed by atoms with Crippen LogP contribution in [0, 0.1) is 0 Å². The molecule has 1 aliphatic rings. The largest absolute Gasteiger partial charge is 0.265 e. The lowest BCUT2D eigenvalue weighted by atomic mass is 9.95. The van der Waals surface area contributed by atoms with Gasteiger partial charge < -0.3 is 0 Å². The molecule has 0 unspecified atom stereocenters. The molecule has 4 aromatic rings. The SMILES string of the molecule is c1cc2c3c(c1)ccc1c(Cc4ccncc4)ccc(c13)C2. The fraction of sp³-hybridized carbons (Fsp3) is 0.0952. The van der Waals surface area contributed by atoms with Gasteiger partial charge in [0, 0.05) is 12.4 Å². The second-order valence-electron chi connectivity index (χ2n) is 6.10. The third-order valence-electron chi connectivity index (χ3n) is 4.81. The van der Waals surface area contributed by atoms with Gasteiger partial charge in [0.2, 0.25) is 0 Å². The van der Waals surface area contributed by atoms with Crippen molar-refractivity contribution in [1.29, 1.82) is 0 Å². The predicted octanol–water partition coefficient (Wildman–Crippen LogP) is 4.88.